The third kappa shape index (κ3) is 4.96. The first-order chi connectivity index (χ1) is 18.2. The van der Waals surface area contributed by atoms with Crippen molar-refractivity contribution >= 4 is 11.6 Å². The number of aromatic hydroxyl groups is 2. The molecule has 0 aromatic heterocycles. The lowest BCUT2D eigenvalue weighted by Gasteiger charge is -2.39. The van der Waals surface area contributed by atoms with E-state index >= 15 is 0 Å². The largest absolute Gasteiger partial charge is 0.508 e. The molecule has 7 heteroatoms. The Bertz CT molecular complexity index is 1360. The van der Waals surface area contributed by atoms with Crippen molar-refractivity contribution in [2.45, 2.75) is 37.8 Å². The van der Waals surface area contributed by atoms with Gasteiger partial charge in [-0.15, -0.1) is 0 Å². The van der Waals surface area contributed by atoms with E-state index in [1.807, 2.05) is 18.0 Å². The van der Waals surface area contributed by atoms with Crippen LogP contribution in [0.15, 0.2) is 66.7 Å². The second kappa shape index (κ2) is 10.7. The van der Waals surface area contributed by atoms with Crippen molar-refractivity contribution in [3.63, 3.8) is 0 Å². The lowest BCUT2D eigenvalue weighted by molar-refractivity contribution is 0.0738. The quantitative estimate of drug-likeness (QED) is 0.459. The van der Waals surface area contributed by atoms with Crippen LogP contribution >= 0.6 is 0 Å². The summed E-state index contributed by atoms with van der Waals surface area (Å²) in [5, 5.41) is 19.9. The maximum atomic E-state index is 14.8. The maximum absolute atomic E-state index is 14.8. The number of hydrogen-bond donors (Lipinski definition) is 2. The molecule has 38 heavy (non-hydrogen) atoms. The molecule has 0 saturated carbocycles. The summed E-state index contributed by atoms with van der Waals surface area (Å²) >= 11 is 0. The summed E-state index contributed by atoms with van der Waals surface area (Å²) in [7, 11) is 1.91. The fourth-order valence-electron chi connectivity index (χ4n) is 6.32. The van der Waals surface area contributed by atoms with Crippen LogP contribution in [0.1, 0.15) is 50.6 Å². The Balaban J connectivity index is 1.49. The Hall–Kier alpha value is -3.55. The summed E-state index contributed by atoms with van der Waals surface area (Å²) in [6, 6.07) is 17.2. The van der Waals surface area contributed by atoms with Crippen LogP contribution in [0, 0.1) is 18.7 Å². The van der Waals surface area contributed by atoms with Crippen molar-refractivity contribution in [2.75, 3.05) is 26.7 Å². The number of ketones is 2. The highest BCUT2D eigenvalue weighted by molar-refractivity contribution is 6.01. The fraction of sp³-hybridized carbons (Fsp3) is 0.355. The van der Waals surface area contributed by atoms with Crippen LogP contribution in [0.5, 0.6) is 11.5 Å². The number of nitrogens with zero attached hydrogens (tertiary/aromatic N) is 2. The van der Waals surface area contributed by atoms with E-state index in [0.29, 0.717) is 29.8 Å². The van der Waals surface area contributed by atoms with Crippen LogP contribution in [0.2, 0.25) is 0 Å². The second-order valence-corrected chi connectivity index (χ2v) is 10.6. The summed E-state index contributed by atoms with van der Waals surface area (Å²) in [4.78, 5) is 31.5. The van der Waals surface area contributed by atoms with Gasteiger partial charge in [-0.2, -0.15) is 0 Å². The van der Waals surface area contributed by atoms with Gasteiger partial charge in [0, 0.05) is 42.1 Å². The van der Waals surface area contributed by atoms with Gasteiger partial charge in [-0.3, -0.25) is 19.4 Å². The van der Waals surface area contributed by atoms with Crippen LogP contribution < -0.4 is 0 Å². The van der Waals surface area contributed by atoms with Gasteiger partial charge < -0.3 is 10.2 Å². The smallest absolute Gasteiger partial charge is 0.180 e. The van der Waals surface area contributed by atoms with E-state index in [0.717, 1.165) is 24.9 Å². The van der Waals surface area contributed by atoms with Gasteiger partial charge in [0.05, 0.1) is 6.04 Å². The van der Waals surface area contributed by atoms with Gasteiger partial charge >= 0.3 is 0 Å². The number of hydrogen-bond acceptors (Lipinski definition) is 6. The van der Waals surface area contributed by atoms with E-state index < -0.39 is 6.04 Å². The van der Waals surface area contributed by atoms with Crippen LogP contribution in [-0.4, -0.2) is 70.3 Å². The fourth-order valence-corrected chi connectivity index (χ4v) is 6.32. The second-order valence-electron chi connectivity index (χ2n) is 10.6. The Morgan fingerprint density at radius 1 is 0.895 bits per heavy atom. The van der Waals surface area contributed by atoms with Crippen molar-refractivity contribution in [2.24, 2.45) is 5.92 Å². The van der Waals surface area contributed by atoms with Gasteiger partial charge in [-0.25, -0.2) is 4.39 Å². The van der Waals surface area contributed by atoms with Crippen LogP contribution in [0.3, 0.4) is 0 Å². The van der Waals surface area contributed by atoms with Crippen LogP contribution in [0.4, 0.5) is 4.39 Å². The van der Waals surface area contributed by atoms with Gasteiger partial charge in [0.25, 0.3) is 0 Å². The molecule has 1 unspecified atom stereocenters. The third-order valence-corrected chi connectivity index (χ3v) is 8.20. The molecule has 0 aliphatic carbocycles. The van der Waals surface area contributed by atoms with Gasteiger partial charge in [0.1, 0.15) is 17.3 Å². The van der Waals surface area contributed by atoms with Crippen LogP contribution in [0.25, 0.3) is 0 Å². The van der Waals surface area contributed by atoms with Crippen molar-refractivity contribution in [3.05, 3.63) is 94.8 Å². The molecule has 3 aromatic rings. The van der Waals surface area contributed by atoms with Gasteiger partial charge in [-0.05, 0) is 74.8 Å². The SMILES string of the molecule is Cc1c(F)cccc1[C@H]1[C@H](N2CCCC(C(=O)c3cccc(O)c3)C2)CN(C)[C@H]1C(=O)c1cccc(O)c1. The minimum Gasteiger partial charge on any atom is -0.508 e. The molecule has 6 nitrogen and oxygen atoms in total. The zero-order chi connectivity index (χ0) is 27.0. The number of benzene rings is 3. The Kier molecular flexibility index (Phi) is 7.32. The number of Topliss-reactive ketones (excluding diaryl/α,β-unsaturated/α-hetero) is 2. The van der Waals surface area contributed by atoms with Gasteiger partial charge in [0.15, 0.2) is 11.6 Å². The number of carbonyl (C=O) groups excluding carboxylic acids is 2. The highest BCUT2D eigenvalue weighted by Crippen LogP contribution is 2.41. The molecule has 198 valence electrons. The number of phenolic OH excluding ortho intramolecular Hbond substituents is 2. The van der Waals surface area contributed by atoms with Crippen LogP contribution in [-0.2, 0) is 0 Å². The highest BCUT2D eigenvalue weighted by Gasteiger charge is 2.48. The Morgan fingerprint density at radius 2 is 1.53 bits per heavy atom. The molecular formula is C31H33FN2O4. The predicted molar refractivity (Wildman–Crippen MR) is 143 cm³/mol. The maximum Gasteiger partial charge on any atom is 0.180 e. The van der Waals surface area contributed by atoms with Gasteiger partial charge in [-0.1, -0.05) is 36.4 Å². The summed E-state index contributed by atoms with van der Waals surface area (Å²) in [6.45, 7) is 3.65. The average Bonchev–Trinajstić information content (AvgIpc) is 3.26. The normalized spacial score (nSPS) is 24.4. The monoisotopic (exact) mass is 516 g/mol. The molecule has 0 bridgehead atoms. The molecule has 0 radical (unpaired) electrons. The molecule has 3 aromatic carbocycles. The van der Waals surface area contributed by atoms with E-state index in [2.05, 4.69) is 4.90 Å². The summed E-state index contributed by atoms with van der Waals surface area (Å²) < 4.78 is 14.8. The molecule has 2 N–H and O–H groups in total. The number of likely N-dealkylation sites (N-methyl/N-ethyl adjacent to an activating group) is 1. The number of carbonyl (C=O) groups is 2. The van der Waals surface area contributed by atoms with Crippen molar-refractivity contribution in [1.29, 1.82) is 0 Å². The zero-order valence-electron chi connectivity index (χ0n) is 21.7. The molecule has 4 atom stereocenters. The van der Waals surface area contributed by atoms with E-state index in [1.54, 1.807) is 43.3 Å². The number of rotatable bonds is 6. The standard InChI is InChI=1S/C31H33FN2O4/c1-19-25(12-5-13-26(19)32)28-27(18-33(2)29(28)31(38)21-8-4-11-24(36)16-21)34-14-6-9-22(17-34)30(37)20-7-3-10-23(35)15-20/h3-5,7-8,10-13,15-16,22,27-29,35-36H,6,9,14,17-18H2,1-2H3/t22?,27-,28+,29-/m1/s1. The van der Waals surface area contributed by atoms with Crippen molar-refractivity contribution in [3.8, 4) is 11.5 Å². The third-order valence-electron chi connectivity index (χ3n) is 8.20. The molecule has 0 amide bonds. The minimum absolute atomic E-state index is 0.00262. The molecule has 2 heterocycles. The van der Waals surface area contributed by atoms with E-state index in [9.17, 15) is 24.2 Å². The number of likely N-dealkylation sites (tertiary alicyclic amines) is 2. The van der Waals surface area contributed by atoms with E-state index in [1.165, 1.54) is 24.3 Å². The molecule has 2 aliphatic rings. The van der Waals surface area contributed by atoms with Crippen molar-refractivity contribution < 1.29 is 24.2 Å². The van der Waals surface area contributed by atoms with E-state index in [4.69, 9.17) is 0 Å². The lowest BCUT2D eigenvalue weighted by atomic mass is 9.80. The summed E-state index contributed by atoms with van der Waals surface area (Å²) in [5.41, 5.74) is 2.22. The molecule has 5 rings (SSSR count). The number of piperidine rings is 1. The number of phenols is 2. The Morgan fingerprint density at radius 3 is 2.18 bits per heavy atom. The molecular weight excluding hydrogens is 483 g/mol. The van der Waals surface area contributed by atoms with Gasteiger partial charge in [0.2, 0.25) is 0 Å². The first kappa shape index (κ1) is 26.1. The summed E-state index contributed by atoms with van der Waals surface area (Å²) in [5.74, 6) is -0.889. The Labute approximate surface area is 222 Å². The zero-order valence-corrected chi connectivity index (χ0v) is 21.7. The number of halogens is 1. The summed E-state index contributed by atoms with van der Waals surface area (Å²) in [6.07, 6.45) is 1.58. The highest BCUT2D eigenvalue weighted by atomic mass is 19.1. The molecule has 2 fully saturated rings. The van der Waals surface area contributed by atoms with Crippen molar-refractivity contribution in [1.82, 2.24) is 9.80 Å². The topological polar surface area (TPSA) is 81.1 Å². The molecule has 0 spiro atoms. The average molecular weight is 517 g/mol. The lowest BCUT2D eigenvalue weighted by Crippen LogP contribution is -2.48. The molecule has 2 saturated heterocycles. The molecule has 2 aliphatic heterocycles. The predicted octanol–water partition coefficient (Wildman–Crippen LogP) is 4.79. The minimum atomic E-state index is -0.551. The van der Waals surface area contributed by atoms with E-state index in [-0.39, 0.29) is 46.8 Å². The first-order valence-electron chi connectivity index (χ1n) is 13.1. The first-order valence-corrected chi connectivity index (χ1v) is 13.1.